The van der Waals surface area contributed by atoms with Gasteiger partial charge in [0.1, 0.15) is 5.82 Å². The Labute approximate surface area is 121 Å². The highest BCUT2D eigenvalue weighted by molar-refractivity contribution is 5.55. The van der Waals surface area contributed by atoms with Crippen molar-refractivity contribution in [3.05, 3.63) is 29.6 Å². The van der Waals surface area contributed by atoms with Gasteiger partial charge in [-0.1, -0.05) is 12.1 Å². The average molecular weight is 305 g/mol. The number of nitrogens with two attached hydrogens (primary N) is 1. The normalized spacial score (nSPS) is 17.3. The van der Waals surface area contributed by atoms with Crippen molar-refractivity contribution in [2.45, 2.75) is 12.6 Å². The number of halogens is 4. The Hall–Kier alpha value is -1.34. The van der Waals surface area contributed by atoms with Gasteiger partial charge in [-0.05, 0) is 24.6 Å². The summed E-state index contributed by atoms with van der Waals surface area (Å²) in [5.74, 6) is -0.342. The van der Waals surface area contributed by atoms with Crippen molar-refractivity contribution < 1.29 is 17.6 Å². The molecule has 0 aromatic heterocycles. The minimum absolute atomic E-state index is 0.274. The van der Waals surface area contributed by atoms with E-state index in [0.717, 1.165) is 5.56 Å². The third-order valence-electron chi connectivity index (χ3n) is 3.58. The van der Waals surface area contributed by atoms with Crippen LogP contribution in [0.2, 0.25) is 0 Å². The molecule has 21 heavy (non-hydrogen) atoms. The Morgan fingerprint density at radius 3 is 2.33 bits per heavy atom. The van der Waals surface area contributed by atoms with Crippen molar-refractivity contribution in [3.8, 4) is 0 Å². The summed E-state index contributed by atoms with van der Waals surface area (Å²) in [6.07, 6.45) is -3.64. The van der Waals surface area contributed by atoms with Gasteiger partial charge in [0.05, 0.1) is 12.2 Å². The fraction of sp³-hybridized carbons (Fsp3) is 0.571. The molecule has 3 nitrogen and oxygen atoms in total. The van der Waals surface area contributed by atoms with Gasteiger partial charge in [-0.3, -0.25) is 4.90 Å². The van der Waals surface area contributed by atoms with Gasteiger partial charge in [0, 0.05) is 26.2 Å². The summed E-state index contributed by atoms with van der Waals surface area (Å²) in [4.78, 5) is 3.16. The Morgan fingerprint density at radius 2 is 1.76 bits per heavy atom. The van der Waals surface area contributed by atoms with Crippen LogP contribution < -0.4 is 10.6 Å². The fourth-order valence-corrected chi connectivity index (χ4v) is 2.65. The van der Waals surface area contributed by atoms with Crippen molar-refractivity contribution >= 4 is 5.69 Å². The molecule has 2 rings (SSSR count). The van der Waals surface area contributed by atoms with Gasteiger partial charge in [0.2, 0.25) is 0 Å². The molecule has 1 aromatic carbocycles. The zero-order chi connectivity index (χ0) is 15.5. The van der Waals surface area contributed by atoms with Crippen LogP contribution in [-0.4, -0.2) is 50.3 Å². The van der Waals surface area contributed by atoms with Crippen molar-refractivity contribution in [1.82, 2.24) is 4.90 Å². The lowest BCUT2D eigenvalue weighted by Gasteiger charge is -2.37. The molecule has 0 aliphatic carbocycles. The van der Waals surface area contributed by atoms with Crippen molar-refractivity contribution in [2.75, 3.05) is 44.2 Å². The lowest BCUT2D eigenvalue weighted by molar-refractivity contribution is -0.146. The number of nitrogens with zero attached hydrogens (tertiary/aromatic N) is 2. The van der Waals surface area contributed by atoms with Crippen LogP contribution >= 0.6 is 0 Å². The molecule has 1 saturated heterocycles. The molecule has 2 N–H and O–H groups in total. The average Bonchev–Trinajstić information content (AvgIpc) is 2.39. The quantitative estimate of drug-likeness (QED) is 0.864. The van der Waals surface area contributed by atoms with E-state index in [1.165, 1.54) is 11.0 Å². The summed E-state index contributed by atoms with van der Waals surface area (Å²) in [7, 11) is 0. The molecule has 0 unspecified atom stereocenters. The molecular weight excluding hydrogens is 286 g/mol. The summed E-state index contributed by atoms with van der Waals surface area (Å²) >= 11 is 0. The van der Waals surface area contributed by atoms with E-state index in [1.54, 1.807) is 6.07 Å². The zero-order valence-electron chi connectivity index (χ0n) is 11.7. The number of rotatable bonds is 4. The van der Waals surface area contributed by atoms with Gasteiger partial charge in [0.15, 0.2) is 0 Å². The predicted octanol–water partition coefficient (Wildman–Crippen LogP) is 2.01. The Kier molecular flexibility index (Phi) is 5.05. The molecule has 1 aliphatic rings. The van der Waals surface area contributed by atoms with Crippen LogP contribution in [0.3, 0.4) is 0 Å². The molecule has 1 aromatic rings. The Morgan fingerprint density at radius 1 is 1.10 bits per heavy atom. The van der Waals surface area contributed by atoms with E-state index >= 15 is 0 Å². The highest BCUT2D eigenvalue weighted by Gasteiger charge is 2.32. The number of anilines is 1. The maximum absolute atomic E-state index is 14.1. The maximum atomic E-state index is 14.1. The van der Waals surface area contributed by atoms with Gasteiger partial charge in [-0.2, -0.15) is 13.2 Å². The van der Waals surface area contributed by atoms with E-state index in [4.69, 9.17) is 5.73 Å². The van der Waals surface area contributed by atoms with Crippen LogP contribution in [0.4, 0.5) is 23.2 Å². The second-order valence-electron chi connectivity index (χ2n) is 5.16. The minimum Gasteiger partial charge on any atom is -0.366 e. The topological polar surface area (TPSA) is 32.5 Å². The minimum atomic E-state index is -4.19. The molecule has 0 atom stereocenters. The lowest BCUT2D eigenvalue weighted by Crippen LogP contribution is -2.49. The van der Waals surface area contributed by atoms with Crippen molar-refractivity contribution in [2.24, 2.45) is 5.73 Å². The molecule has 0 saturated carbocycles. The molecule has 0 radical (unpaired) electrons. The standard InChI is InChI=1S/C14H19F4N3/c15-12-3-1-2-11(4-5-19)13(12)21-8-6-20(7-9-21)10-14(16,17)18/h1-3H,4-10,19H2. The SMILES string of the molecule is NCCc1cccc(F)c1N1CCN(CC(F)(F)F)CC1. The first-order valence-corrected chi connectivity index (χ1v) is 6.92. The number of hydrogen-bond donors (Lipinski definition) is 1. The summed E-state index contributed by atoms with van der Waals surface area (Å²) in [5, 5.41) is 0. The molecule has 0 bridgehead atoms. The largest absolute Gasteiger partial charge is 0.401 e. The van der Waals surface area contributed by atoms with Crippen LogP contribution in [-0.2, 0) is 6.42 Å². The molecule has 118 valence electrons. The van der Waals surface area contributed by atoms with Gasteiger partial charge in [0.25, 0.3) is 0 Å². The Balaban J connectivity index is 2.05. The molecule has 0 amide bonds. The van der Waals surface area contributed by atoms with Crippen molar-refractivity contribution in [3.63, 3.8) is 0 Å². The van der Waals surface area contributed by atoms with Crippen LogP contribution in [0.15, 0.2) is 18.2 Å². The number of piperazine rings is 1. The molecule has 1 aliphatic heterocycles. The van der Waals surface area contributed by atoms with E-state index in [0.29, 0.717) is 31.7 Å². The fourth-order valence-electron chi connectivity index (χ4n) is 2.65. The van der Waals surface area contributed by atoms with Crippen LogP contribution in [0.25, 0.3) is 0 Å². The molecular formula is C14H19F4N3. The zero-order valence-corrected chi connectivity index (χ0v) is 11.7. The third-order valence-corrected chi connectivity index (χ3v) is 3.58. The van der Waals surface area contributed by atoms with Crippen LogP contribution in [0, 0.1) is 5.82 Å². The number of hydrogen-bond acceptors (Lipinski definition) is 3. The summed E-state index contributed by atoms with van der Waals surface area (Å²) in [5.41, 5.74) is 6.81. The van der Waals surface area contributed by atoms with Gasteiger partial charge in [-0.15, -0.1) is 0 Å². The summed E-state index contributed by atoms with van der Waals surface area (Å²) in [6, 6.07) is 4.81. The second kappa shape index (κ2) is 6.62. The first-order chi connectivity index (χ1) is 9.90. The van der Waals surface area contributed by atoms with E-state index in [9.17, 15) is 17.6 Å². The summed E-state index contributed by atoms with van der Waals surface area (Å²) in [6.45, 7) is 0.813. The number of benzene rings is 1. The smallest absolute Gasteiger partial charge is 0.366 e. The first-order valence-electron chi connectivity index (χ1n) is 6.92. The van der Waals surface area contributed by atoms with E-state index in [1.807, 2.05) is 11.0 Å². The van der Waals surface area contributed by atoms with Gasteiger partial charge >= 0.3 is 6.18 Å². The first kappa shape index (κ1) is 16.0. The number of para-hydroxylation sites is 1. The molecule has 0 spiro atoms. The molecule has 7 heteroatoms. The highest BCUT2D eigenvalue weighted by atomic mass is 19.4. The van der Waals surface area contributed by atoms with Crippen LogP contribution in [0.1, 0.15) is 5.56 Å². The monoisotopic (exact) mass is 305 g/mol. The van der Waals surface area contributed by atoms with Gasteiger partial charge < -0.3 is 10.6 Å². The van der Waals surface area contributed by atoms with E-state index in [2.05, 4.69) is 0 Å². The molecule has 1 heterocycles. The van der Waals surface area contributed by atoms with E-state index in [-0.39, 0.29) is 18.9 Å². The van der Waals surface area contributed by atoms with Crippen LogP contribution in [0.5, 0.6) is 0 Å². The maximum Gasteiger partial charge on any atom is 0.401 e. The molecule has 1 fully saturated rings. The lowest BCUT2D eigenvalue weighted by atomic mass is 10.1. The number of alkyl halides is 3. The predicted molar refractivity (Wildman–Crippen MR) is 73.9 cm³/mol. The highest BCUT2D eigenvalue weighted by Crippen LogP contribution is 2.26. The summed E-state index contributed by atoms with van der Waals surface area (Å²) < 4.78 is 51.1. The van der Waals surface area contributed by atoms with E-state index < -0.39 is 12.7 Å². The Bertz CT molecular complexity index is 468. The second-order valence-corrected chi connectivity index (χ2v) is 5.16. The van der Waals surface area contributed by atoms with Crippen molar-refractivity contribution in [1.29, 1.82) is 0 Å². The third kappa shape index (κ3) is 4.31. The van der Waals surface area contributed by atoms with Gasteiger partial charge in [-0.25, -0.2) is 4.39 Å².